The molecule has 1 aromatic carbocycles. The fourth-order valence-electron chi connectivity index (χ4n) is 4.39. The van der Waals surface area contributed by atoms with E-state index in [-0.39, 0.29) is 11.9 Å². The van der Waals surface area contributed by atoms with E-state index in [9.17, 15) is 4.79 Å². The van der Waals surface area contributed by atoms with Crippen LogP contribution in [0.2, 0.25) is 0 Å². The molecule has 8 nitrogen and oxygen atoms in total. The van der Waals surface area contributed by atoms with Crippen molar-refractivity contribution in [2.45, 2.75) is 32.7 Å². The molecule has 33 heavy (non-hydrogen) atoms. The first-order valence-electron chi connectivity index (χ1n) is 11.2. The van der Waals surface area contributed by atoms with Crippen LogP contribution in [0.3, 0.4) is 0 Å². The molecule has 1 aliphatic rings. The Labute approximate surface area is 192 Å². The molecule has 1 aliphatic heterocycles. The van der Waals surface area contributed by atoms with Gasteiger partial charge in [-0.25, -0.2) is 14.6 Å². The van der Waals surface area contributed by atoms with Crippen LogP contribution in [0.1, 0.15) is 23.4 Å². The third-order valence-corrected chi connectivity index (χ3v) is 6.13. The third kappa shape index (κ3) is 4.37. The number of rotatable bonds is 6. The highest BCUT2D eigenvalue weighted by molar-refractivity contribution is 5.79. The second-order valence-corrected chi connectivity index (χ2v) is 8.40. The molecule has 5 rings (SSSR count). The zero-order valence-corrected chi connectivity index (χ0v) is 18.8. The van der Waals surface area contributed by atoms with Gasteiger partial charge in [0.1, 0.15) is 0 Å². The van der Waals surface area contributed by atoms with Crippen molar-refractivity contribution in [3.8, 4) is 17.1 Å². The molecule has 8 heteroatoms. The second-order valence-electron chi connectivity index (χ2n) is 8.40. The lowest BCUT2D eigenvalue weighted by atomic mass is 10.1. The summed E-state index contributed by atoms with van der Waals surface area (Å²) in [4.78, 5) is 27.3. The summed E-state index contributed by atoms with van der Waals surface area (Å²) in [5.41, 5.74) is 5.68. The van der Waals surface area contributed by atoms with Crippen molar-refractivity contribution in [1.82, 2.24) is 30.0 Å². The number of nitrogens with one attached hydrogen (secondary N) is 2. The van der Waals surface area contributed by atoms with Crippen LogP contribution >= 0.6 is 0 Å². The molecule has 1 unspecified atom stereocenters. The number of hydrogen-bond donors (Lipinski definition) is 2. The molecule has 168 valence electrons. The predicted molar refractivity (Wildman–Crippen MR) is 127 cm³/mol. The molecule has 0 aliphatic carbocycles. The minimum absolute atomic E-state index is 0.0155. The number of aryl methyl sites for hydroxylation is 1. The number of benzene rings is 1. The smallest absolute Gasteiger partial charge is 0.225 e. The minimum Gasteiger partial charge on any atom is -0.360 e. The monoisotopic (exact) mass is 441 g/mol. The maximum absolute atomic E-state index is 12.9. The molecule has 4 heterocycles. The first-order valence-corrected chi connectivity index (χ1v) is 11.2. The van der Waals surface area contributed by atoms with Gasteiger partial charge in [-0.05, 0) is 50.6 Å². The number of anilines is 1. The maximum Gasteiger partial charge on any atom is 0.225 e. The first kappa shape index (κ1) is 20.9. The summed E-state index contributed by atoms with van der Waals surface area (Å²) < 4.78 is 1.91. The van der Waals surface area contributed by atoms with Crippen molar-refractivity contribution in [1.29, 1.82) is 0 Å². The van der Waals surface area contributed by atoms with E-state index in [1.54, 1.807) is 6.20 Å². The van der Waals surface area contributed by atoms with Crippen LogP contribution in [0.4, 0.5) is 5.95 Å². The Morgan fingerprint density at radius 1 is 1.15 bits per heavy atom. The summed E-state index contributed by atoms with van der Waals surface area (Å²) in [7, 11) is 0. The van der Waals surface area contributed by atoms with Crippen LogP contribution in [0.5, 0.6) is 0 Å². The van der Waals surface area contributed by atoms with Crippen LogP contribution in [0.15, 0.2) is 60.9 Å². The lowest BCUT2D eigenvalue weighted by Crippen LogP contribution is -2.38. The highest BCUT2D eigenvalue weighted by atomic mass is 16.1. The maximum atomic E-state index is 12.9. The molecule has 1 atom stereocenters. The summed E-state index contributed by atoms with van der Waals surface area (Å²) in [6.07, 6.45) is 4.84. The van der Waals surface area contributed by atoms with Gasteiger partial charge in [0, 0.05) is 42.8 Å². The van der Waals surface area contributed by atoms with Gasteiger partial charge >= 0.3 is 0 Å². The SMILES string of the molecule is Cc1nn(-c2ccccc2)c(C)c1CC(=O)NC1CCN(c2nccc(-c3ccc[nH]3)n2)C1. The molecule has 4 aromatic rings. The van der Waals surface area contributed by atoms with Crippen LogP contribution in [-0.4, -0.2) is 49.8 Å². The topological polar surface area (TPSA) is 91.7 Å². The van der Waals surface area contributed by atoms with Gasteiger partial charge in [0.15, 0.2) is 0 Å². The summed E-state index contributed by atoms with van der Waals surface area (Å²) in [6.45, 7) is 5.48. The summed E-state index contributed by atoms with van der Waals surface area (Å²) in [6, 6.07) is 15.9. The molecular weight excluding hydrogens is 414 g/mol. The summed E-state index contributed by atoms with van der Waals surface area (Å²) in [5.74, 6) is 0.705. The average Bonchev–Trinajstić information content (AvgIpc) is 3.58. The summed E-state index contributed by atoms with van der Waals surface area (Å²) in [5, 5.41) is 7.85. The van der Waals surface area contributed by atoms with Crippen molar-refractivity contribution in [2.75, 3.05) is 18.0 Å². The molecule has 3 aromatic heterocycles. The van der Waals surface area contributed by atoms with E-state index in [0.29, 0.717) is 18.9 Å². The molecule has 0 saturated carbocycles. The Balaban J connectivity index is 1.23. The van der Waals surface area contributed by atoms with Crippen LogP contribution in [-0.2, 0) is 11.2 Å². The van der Waals surface area contributed by atoms with Gasteiger partial charge < -0.3 is 15.2 Å². The zero-order chi connectivity index (χ0) is 22.8. The molecule has 0 bridgehead atoms. The van der Waals surface area contributed by atoms with E-state index in [4.69, 9.17) is 4.98 Å². The van der Waals surface area contributed by atoms with E-state index in [1.807, 2.05) is 73.3 Å². The van der Waals surface area contributed by atoms with Gasteiger partial charge in [-0.1, -0.05) is 18.2 Å². The lowest BCUT2D eigenvalue weighted by molar-refractivity contribution is -0.121. The van der Waals surface area contributed by atoms with E-state index >= 15 is 0 Å². The normalized spacial score (nSPS) is 15.7. The van der Waals surface area contributed by atoms with Gasteiger partial charge in [0.2, 0.25) is 11.9 Å². The van der Waals surface area contributed by atoms with Crippen molar-refractivity contribution >= 4 is 11.9 Å². The number of aromatic amines is 1. The van der Waals surface area contributed by atoms with Crippen molar-refractivity contribution in [3.63, 3.8) is 0 Å². The lowest BCUT2D eigenvalue weighted by Gasteiger charge is -2.17. The molecule has 0 radical (unpaired) electrons. The van der Waals surface area contributed by atoms with Crippen molar-refractivity contribution in [3.05, 3.63) is 77.9 Å². The van der Waals surface area contributed by atoms with Gasteiger partial charge in [-0.3, -0.25) is 4.79 Å². The van der Waals surface area contributed by atoms with E-state index < -0.39 is 0 Å². The molecular formula is C25H27N7O. The Kier molecular flexibility index (Phi) is 5.64. The Morgan fingerprint density at radius 3 is 2.79 bits per heavy atom. The molecule has 0 spiro atoms. The van der Waals surface area contributed by atoms with Crippen molar-refractivity contribution < 1.29 is 4.79 Å². The molecule has 2 N–H and O–H groups in total. The van der Waals surface area contributed by atoms with Crippen LogP contribution in [0.25, 0.3) is 17.1 Å². The third-order valence-electron chi connectivity index (χ3n) is 6.13. The standard InChI is InChI=1S/C25H27N7O/c1-17-21(18(2)32(30-17)20-7-4-3-5-8-20)15-24(33)28-19-11-14-31(16-19)25-27-13-10-23(29-25)22-9-6-12-26-22/h3-10,12-13,19,26H,11,14-16H2,1-2H3,(H,28,33). The van der Waals surface area contributed by atoms with Gasteiger partial charge in [-0.15, -0.1) is 0 Å². The largest absolute Gasteiger partial charge is 0.360 e. The molecule has 1 amide bonds. The number of carbonyl (C=O) groups is 1. The quantitative estimate of drug-likeness (QED) is 0.479. The summed E-state index contributed by atoms with van der Waals surface area (Å²) >= 11 is 0. The average molecular weight is 442 g/mol. The number of aromatic nitrogens is 5. The van der Waals surface area contributed by atoms with E-state index in [2.05, 4.69) is 25.3 Å². The van der Waals surface area contributed by atoms with E-state index in [1.165, 1.54) is 0 Å². The zero-order valence-electron chi connectivity index (χ0n) is 18.8. The fourth-order valence-corrected chi connectivity index (χ4v) is 4.39. The number of amides is 1. The highest BCUT2D eigenvalue weighted by Crippen LogP contribution is 2.21. The van der Waals surface area contributed by atoms with Gasteiger partial charge in [0.25, 0.3) is 0 Å². The Bertz CT molecular complexity index is 1250. The number of para-hydroxylation sites is 1. The van der Waals surface area contributed by atoms with Crippen molar-refractivity contribution in [2.24, 2.45) is 0 Å². The van der Waals surface area contributed by atoms with Crippen LogP contribution < -0.4 is 10.2 Å². The van der Waals surface area contributed by atoms with Gasteiger partial charge in [0.05, 0.1) is 29.2 Å². The second kappa shape index (κ2) is 8.90. The first-order chi connectivity index (χ1) is 16.1. The van der Waals surface area contributed by atoms with E-state index in [0.717, 1.165) is 47.0 Å². The minimum atomic E-state index is 0.0155. The molecule has 1 saturated heterocycles. The Morgan fingerprint density at radius 2 is 2.00 bits per heavy atom. The molecule has 1 fully saturated rings. The van der Waals surface area contributed by atoms with Gasteiger partial charge in [-0.2, -0.15) is 5.10 Å². The Hall–Kier alpha value is -3.94. The number of carbonyl (C=O) groups excluding carboxylic acids is 1. The fraction of sp³-hybridized carbons (Fsp3) is 0.280. The number of nitrogens with zero attached hydrogens (tertiary/aromatic N) is 5. The number of hydrogen-bond acceptors (Lipinski definition) is 5. The van der Waals surface area contributed by atoms with Crippen LogP contribution in [0, 0.1) is 13.8 Å². The predicted octanol–water partition coefficient (Wildman–Crippen LogP) is 3.21. The number of H-pyrrole nitrogens is 1. The highest BCUT2D eigenvalue weighted by Gasteiger charge is 2.26.